The van der Waals surface area contributed by atoms with Crippen molar-refractivity contribution in [1.82, 2.24) is 4.90 Å². The molecule has 1 atom stereocenters. The van der Waals surface area contributed by atoms with Crippen LogP contribution >= 0.6 is 15.8 Å². The molecule has 110 valence electrons. The van der Waals surface area contributed by atoms with Crippen molar-refractivity contribution in [1.29, 1.82) is 0 Å². The number of rotatable bonds is 7. The summed E-state index contributed by atoms with van der Waals surface area (Å²) < 4.78 is 20.9. The number of aliphatic imine (C=N–C) groups is 1. The number of carboxylic acids is 1. The number of aliphatic hydroxyl groups is 1. The third-order valence-electron chi connectivity index (χ3n) is 2.22. The molecule has 9 nitrogen and oxygen atoms in total. The molecule has 0 aliphatic rings. The summed E-state index contributed by atoms with van der Waals surface area (Å²) in [5.74, 6) is 2.31. The van der Waals surface area contributed by atoms with E-state index in [4.69, 9.17) is 16.6 Å². The molecule has 0 bridgehead atoms. The van der Waals surface area contributed by atoms with E-state index in [1.54, 1.807) is 0 Å². The van der Waals surface area contributed by atoms with Crippen molar-refractivity contribution in [3.05, 3.63) is 0 Å². The monoisotopic (exact) mass is 320 g/mol. The van der Waals surface area contributed by atoms with Gasteiger partial charge in [-0.25, -0.2) is 0 Å². The summed E-state index contributed by atoms with van der Waals surface area (Å²) in [6.07, 6.45) is 0.434. The number of unbranched alkanes of at least 4 members (excludes halogenated alkanes) is 1. The SMILES string of the molecule is NC(N)=NCCCC[C@@](O)(C(=O)O)N(C#P=O)C#P=O. The molecule has 0 aliphatic heterocycles. The van der Waals surface area contributed by atoms with Crippen LogP contribution in [0.15, 0.2) is 4.99 Å². The van der Waals surface area contributed by atoms with Crippen molar-refractivity contribution in [2.75, 3.05) is 6.54 Å². The van der Waals surface area contributed by atoms with Gasteiger partial charge in [0.05, 0.1) is 0 Å². The maximum atomic E-state index is 11.1. The van der Waals surface area contributed by atoms with E-state index in [1.807, 2.05) is 11.5 Å². The zero-order chi connectivity index (χ0) is 15.6. The molecule has 0 aromatic heterocycles. The second kappa shape index (κ2) is 9.56. The number of hydrogen-bond donors (Lipinski definition) is 4. The Hall–Kier alpha value is -1.32. The molecule has 0 unspecified atom stereocenters. The third kappa shape index (κ3) is 6.22. The van der Waals surface area contributed by atoms with E-state index in [1.165, 1.54) is 0 Å². The van der Waals surface area contributed by atoms with Gasteiger partial charge in [-0.1, -0.05) is 0 Å². The molecule has 0 fully saturated rings. The van der Waals surface area contributed by atoms with Crippen LogP contribution in [-0.4, -0.2) is 39.3 Å². The average Bonchev–Trinajstić information content (AvgIpc) is 2.37. The first-order valence-electron chi connectivity index (χ1n) is 5.36. The zero-order valence-corrected chi connectivity index (χ0v) is 12.2. The van der Waals surface area contributed by atoms with Crippen molar-refractivity contribution >= 4 is 27.8 Å². The number of nitrogens with zero attached hydrogens (tertiary/aromatic N) is 2. The molecule has 11 heteroatoms. The number of hydrogen-bond acceptors (Lipinski definition) is 6. The summed E-state index contributed by atoms with van der Waals surface area (Å²) in [7, 11) is -1.36. The van der Waals surface area contributed by atoms with Crippen LogP contribution in [0, 0.1) is 11.5 Å². The Bertz CT molecular complexity index is 551. The Morgan fingerprint density at radius 2 is 1.80 bits per heavy atom. The van der Waals surface area contributed by atoms with E-state index < -0.39 is 27.5 Å². The number of carbonyl (C=O) groups is 1. The van der Waals surface area contributed by atoms with Gasteiger partial charge in [0, 0.05) is 0 Å². The fourth-order valence-electron chi connectivity index (χ4n) is 1.28. The van der Waals surface area contributed by atoms with Gasteiger partial charge in [0.15, 0.2) is 0 Å². The van der Waals surface area contributed by atoms with Crippen molar-refractivity contribution in [3.63, 3.8) is 0 Å². The maximum absolute atomic E-state index is 11.1. The Kier molecular flexibility index (Phi) is 8.93. The van der Waals surface area contributed by atoms with Crippen LogP contribution in [0.1, 0.15) is 19.3 Å². The molecule has 0 aromatic rings. The Morgan fingerprint density at radius 1 is 1.25 bits per heavy atom. The topological polar surface area (TPSA) is 159 Å². The standard InChI is InChI=1S/C9H14N4O5P2/c10-8(11)12-4-2-1-3-9(16,7(14)15)13(5-19-17)6-20-18/h16H,1-4H2,(H,14,15)(H4,10,11,12)/t9-/m1/s1. The molecule has 0 saturated heterocycles. The molecule has 0 aliphatic carbocycles. The van der Waals surface area contributed by atoms with Gasteiger partial charge in [-0.15, -0.1) is 0 Å². The molecule has 20 heavy (non-hydrogen) atoms. The van der Waals surface area contributed by atoms with Crippen LogP contribution in [0.5, 0.6) is 0 Å². The van der Waals surface area contributed by atoms with Crippen LogP contribution in [0.4, 0.5) is 0 Å². The molecule has 0 aromatic carbocycles. The van der Waals surface area contributed by atoms with Gasteiger partial charge < -0.3 is 0 Å². The van der Waals surface area contributed by atoms with Gasteiger partial charge in [0.25, 0.3) is 0 Å². The molecule has 0 spiro atoms. The van der Waals surface area contributed by atoms with E-state index in [0.29, 0.717) is 11.3 Å². The molecule has 0 radical (unpaired) electrons. The van der Waals surface area contributed by atoms with Gasteiger partial charge in [0.1, 0.15) is 0 Å². The van der Waals surface area contributed by atoms with E-state index >= 15 is 0 Å². The molecule has 0 amide bonds. The summed E-state index contributed by atoms with van der Waals surface area (Å²) in [6.45, 7) is 0.276. The quantitative estimate of drug-likeness (QED) is 0.126. The summed E-state index contributed by atoms with van der Waals surface area (Å²) in [5.41, 5.74) is 7.80. The molecule has 0 heterocycles. The third-order valence-corrected chi connectivity index (χ3v) is 2.79. The predicted octanol–water partition coefficient (Wildman–Crippen LogP) is -0.0779. The molecule has 0 rings (SSSR count). The second-order valence-corrected chi connectivity index (χ2v) is 4.37. The van der Waals surface area contributed by atoms with Crippen molar-refractivity contribution in [2.24, 2.45) is 16.5 Å². The average molecular weight is 320 g/mol. The second-order valence-electron chi connectivity index (χ2n) is 3.60. The summed E-state index contributed by atoms with van der Waals surface area (Å²) in [4.78, 5) is 15.3. The molecule has 0 saturated carbocycles. The Morgan fingerprint density at radius 3 is 2.20 bits per heavy atom. The first kappa shape index (κ1) is 18.7. The predicted molar refractivity (Wildman–Crippen MR) is 71.9 cm³/mol. The van der Waals surface area contributed by atoms with Crippen LogP contribution in [0.25, 0.3) is 0 Å². The fourth-order valence-corrected chi connectivity index (χ4v) is 1.95. The van der Waals surface area contributed by atoms with Gasteiger partial charge in [0.2, 0.25) is 0 Å². The molecular weight excluding hydrogens is 306 g/mol. The van der Waals surface area contributed by atoms with Crippen molar-refractivity contribution < 1.29 is 24.1 Å². The van der Waals surface area contributed by atoms with Gasteiger partial charge >= 0.3 is 116 Å². The summed E-state index contributed by atoms with van der Waals surface area (Å²) >= 11 is 0. The van der Waals surface area contributed by atoms with E-state index in [-0.39, 0.29) is 25.3 Å². The van der Waals surface area contributed by atoms with Crippen LogP contribution in [0.3, 0.4) is 0 Å². The normalized spacial score (nSPS) is 12.7. The fraction of sp³-hybridized carbons (Fsp3) is 0.556. The van der Waals surface area contributed by atoms with Gasteiger partial charge in [-0.05, 0) is 0 Å². The minimum atomic E-state index is -2.44. The van der Waals surface area contributed by atoms with Crippen LogP contribution in [-0.2, 0) is 13.9 Å². The molecular formula is C9H14N4O5P2. The number of aliphatic carboxylic acids is 1. The number of guanidine groups is 1. The summed E-state index contributed by atoms with van der Waals surface area (Å²) in [5, 5.41) is 19.1. The Labute approximate surface area is 117 Å². The van der Waals surface area contributed by atoms with Crippen LogP contribution < -0.4 is 11.5 Å². The van der Waals surface area contributed by atoms with Gasteiger partial charge in [-0.3, -0.25) is 0 Å². The Balaban J connectivity index is 4.90. The van der Waals surface area contributed by atoms with Crippen molar-refractivity contribution in [3.8, 4) is 11.5 Å². The van der Waals surface area contributed by atoms with E-state index in [0.717, 1.165) is 0 Å². The number of carboxylic acid groups (broad SMARTS) is 1. The summed E-state index contributed by atoms with van der Waals surface area (Å²) in [6, 6.07) is 0. The zero-order valence-electron chi connectivity index (χ0n) is 10.4. The van der Waals surface area contributed by atoms with Crippen molar-refractivity contribution in [2.45, 2.75) is 25.0 Å². The first-order chi connectivity index (χ1) is 9.38. The minimum absolute atomic E-state index is 0.0845. The van der Waals surface area contributed by atoms with E-state index in [2.05, 4.69) is 4.99 Å². The number of nitrogens with two attached hydrogens (primary N) is 2. The van der Waals surface area contributed by atoms with Crippen LogP contribution in [0.2, 0.25) is 0 Å². The van der Waals surface area contributed by atoms with Gasteiger partial charge in [-0.2, -0.15) is 0 Å². The molecule has 6 N–H and O–H groups in total. The van der Waals surface area contributed by atoms with E-state index in [9.17, 15) is 19.0 Å². The first-order valence-corrected chi connectivity index (χ1v) is 6.98.